The number of anilines is 3. The Hall–Kier alpha value is -3.95. The van der Waals surface area contributed by atoms with Gasteiger partial charge in [-0.05, 0) is 35.5 Å². The molecule has 0 amide bonds. The van der Waals surface area contributed by atoms with Crippen molar-refractivity contribution in [3.05, 3.63) is 89.7 Å². The van der Waals surface area contributed by atoms with Crippen LogP contribution >= 0.6 is 12.2 Å². The van der Waals surface area contributed by atoms with Gasteiger partial charge in [0.2, 0.25) is 5.95 Å². The average Bonchev–Trinajstić information content (AvgIpc) is 3.60. The zero-order chi connectivity index (χ0) is 25.0. The molecular formula is C28H28N6O2S. The Labute approximate surface area is 221 Å². The van der Waals surface area contributed by atoms with Crippen molar-refractivity contribution in [2.75, 3.05) is 41.4 Å². The van der Waals surface area contributed by atoms with E-state index >= 15 is 0 Å². The third-order valence-electron chi connectivity index (χ3n) is 6.57. The van der Waals surface area contributed by atoms with Gasteiger partial charge in [0.25, 0.3) is 0 Å². The quantitative estimate of drug-likeness (QED) is 0.361. The van der Waals surface area contributed by atoms with Crippen molar-refractivity contribution < 1.29 is 9.15 Å². The molecular weight excluding hydrogens is 484 g/mol. The number of ether oxygens (including phenoxy) is 1. The van der Waals surface area contributed by atoms with E-state index < -0.39 is 0 Å². The number of benzene rings is 2. The number of rotatable bonds is 6. The van der Waals surface area contributed by atoms with Crippen LogP contribution in [-0.2, 0) is 24.4 Å². The van der Waals surface area contributed by atoms with Gasteiger partial charge in [0.05, 0.1) is 19.8 Å². The predicted molar refractivity (Wildman–Crippen MR) is 149 cm³/mol. The highest BCUT2D eigenvalue weighted by Gasteiger charge is 2.23. The van der Waals surface area contributed by atoms with Gasteiger partial charge in [0.1, 0.15) is 23.2 Å². The maximum Gasteiger partial charge on any atom is 0.232 e. The van der Waals surface area contributed by atoms with Crippen LogP contribution in [0.3, 0.4) is 0 Å². The molecule has 0 saturated carbocycles. The smallest absolute Gasteiger partial charge is 0.232 e. The van der Waals surface area contributed by atoms with E-state index in [1.165, 1.54) is 11.1 Å². The minimum Gasteiger partial charge on any atom is -0.459 e. The first kappa shape index (κ1) is 23.4. The van der Waals surface area contributed by atoms with E-state index in [2.05, 4.69) is 50.8 Å². The second-order valence-electron chi connectivity index (χ2n) is 9.07. The largest absolute Gasteiger partial charge is 0.459 e. The summed E-state index contributed by atoms with van der Waals surface area (Å²) < 4.78 is 11.5. The van der Waals surface area contributed by atoms with Crippen LogP contribution in [0, 0.1) is 0 Å². The number of aromatic nitrogens is 2. The van der Waals surface area contributed by atoms with Crippen LogP contribution in [0.15, 0.2) is 77.2 Å². The highest BCUT2D eigenvalue weighted by molar-refractivity contribution is 7.80. The van der Waals surface area contributed by atoms with Crippen molar-refractivity contribution in [2.45, 2.75) is 19.6 Å². The predicted octanol–water partition coefficient (Wildman–Crippen LogP) is 4.58. The first-order chi connectivity index (χ1) is 18.2. The van der Waals surface area contributed by atoms with Crippen molar-refractivity contribution in [3.63, 3.8) is 0 Å². The Morgan fingerprint density at radius 1 is 0.838 bits per heavy atom. The molecule has 2 aliphatic heterocycles. The van der Waals surface area contributed by atoms with E-state index in [0.29, 0.717) is 30.8 Å². The molecule has 2 aromatic heterocycles. The summed E-state index contributed by atoms with van der Waals surface area (Å²) in [5, 5.41) is 6.84. The Morgan fingerprint density at radius 3 is 2.24 bits per heavy atom. The molecule has 0 bridgehead atoms. The average molecular weight is 513 g/mol. The molecule has 0 radical (unpaired) electrons. The van der Waals surface area contributed by atoms with Crippen molar-refractivity contribution in [2.24, 2.45) is 0 Å². The fraction of sp³-hybridized carbons (Fsp3) is 0.250. The second kappa shape index (κ2) is 10.6. The standard InChI is InChI=1S/C28H28N6O2S/c37-28(29-17-23-10-11-24(36-23)20-6-2-1-3-7-20)32-27-30-25(33-12-14-35-15-13-33)16-26(31-27)34-18-21-8-4-5-9-22(21)19-34/h1-11,16H,12-15,17-19H2,(H2,29,30,31,32,37). The SMILES string of the molecule is S=C(NCc1ccc(-c2ccccc2)o1)Nc1nc(N2CCOCC2)cc(N2Cc3ccccc3C2)n1. The van der Waals surface area contributed by atoms with Crippen molar-refractivity contribution >= 4 is 34.9 Å². The molecule has 1 fully saturated rings. The lowest BCUT2D eigenvalue weighted by Crippen LogP contribution is -2.37. The molecule has 6 rings (SSSR count). The Kier molecular flexibility index (Phi) is 6.70. The molecule has 4 aromatic rings. The number of nitrogens with one attached hydrogen (secondary N) is 2. The fourth-order valence-electron chi connectivity index (χ4n) is 4.63. The number of hydrogen-bond donors (Lipinski definition) is 2. The van der Waals surface area contributed by atoms with Crippen LogP contribution < -0.4 is 20.4 Å². The molecule has 2 aromatic carbocycles. The van der Waals surface area contributed by atoms with Crippen LogP contribution in [0.1, 0.15) is 16.9 Å². The third-order valence-corrected chi connectivity index (χ3v) is 6.81. The lowest BCUT2D eigenvalue weighted by Gasteiger charge is -2.29. The normalized spacial score (nSPS) is 14.9. The molecule has 4 heterocycles. The van der Waals surface area contributed by atoms with Crippen molar-refractivity contribution in [3.8, 4) is 11.3 Å². The number of hydrogen-bond acceptors (Lipinski definition) is 7. The lowest BCUT2D eigenvalue weighted by atomic mass is 10.1. The van der Waals surface area contributed by atoms with Crippen molar-refractivity contribution in [1.82, 2.24) is 15.3 Å². The molecule has 2 aliphatic rings. The van der Waals surface area contributed by atoms with Crippen LogP contribution in [0.5, 0.6) is 0 Å². The van der Waals surface area contributed by atoms with E-state index in [4.69, 9.17) is 31.3 Å². The monoisotopic (exact) mass is 512 g/mol. The number of morpholine rings is 1. The molecule has 1 saturated heterocycles. The molecule has 0 spiro atoms. The molecule has 0 atom stereocenters. The summed E-state index contributed by atoms with van der Waals surface area (Å²) in [6, 6.07) is 24.5. The third kappa shape index (κ3) is 5.42. The van der Waals surface area contributed by atoms with E-state index in [-0.39, 0.29) is 0 Å². The van der Waals surface area contributed by atoms with Crippen LogP contribution in [0.2, 0.25) is 0 Å². The van der Waals surface area contributed by atoms with Crippen molar-refractivity contribution in [1.29, 1.82) is 0 Å². The first-order valence-corrected chi connectivity index (χ1v) is 12.8. The molecule has 37 heavy (non-hydrogen) atoms. The summed E-state index contributed by atoms with van der Waals surface area (Å²) in [6.45, 7) is 5.05. The molecule has 0 aliphatic carbocycles. The zero-order valence-electron chi connectivity index (χ0n) is 20.4. The number of fused-ring (bicyclic) bond motifs is 1. The Morgan fingerprint density at radius 2 is 1.51 bits per heavy atom. The van der Waals surface area contributed by atoms with Gasteiger partial charge in [-0.2, -0.15) is 9.97 Å². The highest BCUT2D eigenvalue weighted by Crippen LogP contribution is 2.30. The molecule has 0 unspecified atom stereocenters. The number of thiocarbonyl (C=S) groups is 1. The fourth-order valence-corrected chi connectivity index (χ4v) is 4.80. The van der Waals surface area contributed by atoms with E-state index in [1.54, 1.807) is 0 Å². The van der Waals surface area contributed by atoms with Crippen LogP contribution in [0.4, 0.5) is 17.6 Å². The maximum atomic E-state index is 5.98. The summed E-state index contributed by atoms with van der Waals surface area (Å²) in [5.74, 6) is 3.83. The number of nitrogens with zero attached hydrogens (tertiary/aromatic N) is 4. The maximum absolute atomic E-state index is 5.98. The number of furan rings is 1. The van der Waals surface area contributed by atoms with Gasteiger partial charge >= 0.3 is 0 Å². The second-order valence-corrected chi connectivity index (χ2v) is 9.48. The first-order valence-electron chi connectivity index (χ1n) is 12.4. The van der Waals surface area contributed by atoms with Crippen LogP contribution in [-0.4, -0.2) is 41.4 Å². The Balaban J connectivity index is 1.16. The van der Waals surface area contributed by atoms with Gasteiger partial charge < -0.3 is 29.6 Å². The summed E-state index contributed by atoms with van der Waals surface area (Å²) in [5.41, 5.74) is 3.70. The lowest BCUT2D eigenvalue weighted by molar-refractivity contribution is 0.122. The topological polar surface area (TPSA) is 78.7 Å². The molecule has 2 N–H and O–H groups in total. The van der Waals surface area contributed by atoms with E-state index in [9.17, 15) is 0 Å². The van der Waals surface area contributed by atoms with E-state index in [0.717, 1.165) is 54.9 Å². The minimum absolute atomic E-state index is 0.437. The van der Waals surface area contributed by atoms with Gasteiger partial charge in [0.15, 0.2) is 5.11 Å². The summed E-state index contributed by atoms with van der Waals surface area (Å²) in [6.07, 6.45) is 0. The highest BCUT2D eigenvalue weighted by atomic mass is 32.1. The summed E-state index contributed by atoms with van der Waals surface area (Å²) >= 11 is 5.58. The van der Waals surface area contributed by atoms with Crippen LogP contribution in [0.25, 0.3) is 11.3 Å². The molecule has 8 nitrogen and oxygen atoms in total. The molecule has 188 valence electrons. The molecule has 9 heteroatoms. The van der Waals surface area contributed by atoms with E-state index in [1.807, 2.05) is 42.5 Å². The van der Waals surface area contributed by atoms with Gasteiger partial charge in [-0.15, -0.1) is 0 Å². The van der Waals surface area contributed by atoms with Gasteiger partial charge in [-0.25, -0.2) is 0 Å². The van der Waals surface area contributed by atoms with Gasteiger partial charge in [0, 0.05) is 37.8 Å². The van der Waals surface area contributed by atoms with Gasteiger partial charge in [-0.3, -0.25) is 0 Å². The minimum atomic E-state index is 0.437. The summed E-state index contributed by atoms with van der Waals surface area (Å²) in [7, 11) is 0. The summed E-state index contributed by atoms with van der Waals surface area (Å²) in [4.78, 5) is 14.1. The Bertz CT molecular complexity index is 1360. The zero-order valence-corrected chi connectivity index (χ0v) is 21.2. The van der Waals surface area contributed by atoms with Gasteiger partial charge in [-0.1, -0.05) is 54.6 Å².